The molecule has 0 unspecified atom stereocenters. The van der Waals surface area contributed by atoms with Gasteiger partial charge in [-0.2, -0.15) is 8.78 Å². The van der Waals surface area contributed by atoms with Crippen molar-refractivity contribution in [2.24, 2.45) is 0 Å². The molecule has 2 heterocycles. The molecule has 3 aromatic carbocycles. The monoisotopic (exact) mass is 667 g/mol. The number of benzene rings is 3. The van der Waals surface area contributed by atoms with E-state index >= 15 is 0 Å². The number of aromatic nitrogens is 1. The molecule has 0 radical (unpaired) electrons. The van der Waals surface area contributed by atoms with Gasteiger partial charge in [-0.15, -0.1) is 8.78 Å². The second-order valence-electron chi connectivity index (χ2n) is 8.91. The number of nitrogens with zero attached hydrogens (tertiary/aromatic N) is 1. The first-order valence-corrected chi connectivity index (χ1v) is 12.8. The minimum absolute atomic E-state index is 0.0141. The minimum Gasteiger partial charge on any atom is -0.409 e. The van der Waals surface area contributed by atoms with Gasteiger partial charge in [-0.1, -0.05) is 42.5 Å². The van der Waals surface area contributed by atoms with E-state index in [1.54, 1.807) is 42.5 Å². The average molecular weight is 667 g/mol. The van der Waals surface area contributed by atoms with Gasteiger partial charge in [0.05, 0.1) is 11.3 Å². The molecule has 2 amide bonds. The molecule has 40 heavy (non-hydrogen) atoms. The Balaban J connectivity index is 1.67. The predicted octanol–water partition coefficient (Wildman–Crippen LogP) is 7.14. The van der Waals surface area contributed by atoms with Crippen LogP contribution < -0.4 is 15.4 Å². The third kappa shape index (κ3) is 5.87. The SMILES string of the molecule is O=C(Nc1cccc(F)c1)N[C@@](Cc1ccccc1)(c1ccc2c(c1)C(F)(F)OC(F)(F)O2)c1ccc(I)cn1. The van der Waals surface area contributed by atoms with E-state index in [4.69, 9.17) is 0 Å². The van der Waals surface area contributed by atoms with E-state index in [9.17, 15) is 26.7 Å². The van der Waals surface area contributed by atoms with Crippen LogP contribution in [-0.2, 0) is 22.8 Å². The van der Waals surface area contributed by atoms with Gasteiger partial charge in [0.2, 0.25) is 0 Å². The summed E-state index contributed by atoms with van der Waals surface area (Å²) in [6.07, 6.45) is -7.41. The lowest BCUT2D eigenvalue weighted by Crippen LogP contribution is -2.51. The van der Waals surface area contributed by atoms with Crippen LogP contribution >= 0.6 is 22.6 Å². The third-order valence-electron chi connectivity index (χ3n) is 6.15. The van der Waals surface area contributed by atoms with Crippen LogP contribution in [0, 0.1) is 9.39 Å². The highest BCUT2D eigenvalue weighted by Gasteiger charge is 2.55. The van der Waals surface area contributed by atoms with Crippen molar-refractivity contribution in [3.05, 3.63) is 123 Å². The number of urea groups is 1. The number of hydrogen-bond acceptors (Lipinski definition) is 4. The highest BCUT2D eigenvalue weighted by Crippen LogP contribution is 2.48. The molecule has 1 aromatic heterocycles. The molecule has 0 saturated heterocycles. The fourth-order valence-electron chi connectivity index (χ4n) is 4.44. The first kappa shape index (κ1) is 27.8. The van der Waals surface area contributed by atoms with Crippen LogP contribution in [0.3, 0.4) is 0 Å². The van der Waals surface area contributed by atoms with Crippen molar-refractivity contribution in [1.82, 2.24) is 10.3 Å². The van der Waals surface area contributed by atoms with E-state index in [0.29, 0.717) is 5.56 Å². The van der Waals surface area contributed by atoms with Crippen LogP contribution in [0.2, 0.25) is 0 Å². The molecular formula is C28H19F5IN3O3. The predicted molar refractivity (Wildman–Crippen MR) is 143 cm³/mol. The molecule has 2 N–H and O–H groups in total. The lowest BCUT2D eigenvalue weighted by atomic mass is 9.79. The molecule has 1 atom stereocenters. The summed E-state index contributed by atoms with van der Waals surface area (Å²) >= 11 is 2.04. The third-order valence-corrected chi connectivity index (χ3v) is 6.79. The maximum absolute atomic E-state index is 14.8. The largest absolute Gasteiger partial charge is 0.540 e. The molecule has 5 rings (SSSR count). The molecule has 4 aromatic rings. The van der Waals surface area contributed by atoms with E-state index in [-0.39, 0.29) is 23.4 Å². The smallest absolute Gasteiger partial charge is 0.409 e. The highest BCUT2D eigenvalue weighted by atomic mass is 127. The van der Waals surface area contributed by atoms with Gasteiger partial charge < -0.3 is 15.4 Å². The van der Waals surface area contributed by atoms with Gasteiger partial charge in [0.15, 0.2) is 0 Å². The zero-order valence-electron chi connectivity index (χ0n) is 20.3. The van der Waals surface area contributed by atoms with Gasteiger partial charge in [-0.3, -0.25) is 4.98 Å². The number of nitrogens with one attached hydrogen (secondary N) is 2. The van der Waals surface area contributed by atoms with Gasteiger partial charge in [0, 0.05) is 21.9 Å². The fourth-order valence-corrected chi connectivity index (χ4v) is 4.76. The Kier molecular flexibility index (Phi) is 7.40. The molecule has 0 spiro atoms. The molecule has 206 valence electrons. The molecule has 0 fully saturated rings. The summed E-state index contributed by atoms with van der Waals surface area (Å²) in [5, 5.41) is 5.39. The summed E-state index contributed by atoms with van der Waals surface area (Å²) in [4.78, 5) is 17.9. The number of alkyl halides is 4. The summed E-state index contributed by atoms with van der Waals surface area (Å²) in [6.45, 7) is 0. The maximum atomic E-state index is 14.8. The van der Waals surface area contributed by atoms with Crippen molar-refractivity contribution in [2.45, 2.75) is 24.4 Å². The van der Waals surface area contributed by atoms with Crippen LogP contribution in [-0.4, -0.2) is 17.3 Å². The molecule has 0 saturated carbocycles. The zero-order chi connectivity index (χ0) is 28.5. The first-order valence-electron chi connectivity index (χ1n) is 11.8. The minimum atomic E-state index is -4.54. The zero-order valence-corrected chi connectivity index (χ0v) is 22.5. The summed E-state index contributed by atoms with van der Waals surface area (Å²) < 4.78 is 79.5. The van der Waals surface area contributed by atoms with Crippen molar-refractivity contribution in [3.8, 4) is 5.75 Å². The molecule has 1 aliphatic rings. The lowest BCUT2D eigenvalue weighted by Gasteiger charge is -2.37. The van der Waals surface area contributed by atoms with E-state index < -0.39 is 41.1 Å². The molecule has 1 aliphatic heterocycles. The van der Waals surface area contributed by atoms with E-state index in [1.807, 2.05) is 22.6 Å². The maximum Gasteiger partial charge on any atom is 0.540 e. The Morgan fingerprint density at radius 1 is 0.950 bits per heavy atom. The number of halogens is 6. The van der Waals surface area contributed by atoms with Gasteiger partial charge in [0.1, 0.15) is 17.1 Å². The number of fused-ring (bicyclic) bond motifs is 1. The number of ether oxygens (including phenoxy) is 2. The van der Waals surface area contributed by atoms with Crippen LogP contribution in [0.4, 0.5) is 32.4 Å². The van der Waals surface area contributed by atoms with Crippen LogP contribution in [0.1, 0.15) is 22.4 Å². The van der Waals surface area contributed by atoms with Crippen LogP contribution in [0.25, 0.3) is 0 Å². The van der Waals surface area contributed by atoms with Crippen molar-refractivity contribution in [3.63, 3.8) is 0 Å². The normalized spacial score (nSPS) is 16.6. The number of anilines is 1. The number of carbonyl (C=O) groups is 1. The number of rotatable bonds is 6. The Morgan fingerprint density at radius 2 is 1.73 bits per heavy atom. The topological polar surface area (TPSA) is 72.5 Å². The van der Waals surface area contributed by atoms with E-state index in [0.717, 1.165) is 21.8 Å². The van der Waals surface area contributed by atoms with Gasteiger partial charge in [-0.25, -0.2) is 13.9 Å². The van der Waals surface area contributed by atoms with Crippen LogP contribution in [0.15, 0.2) is 91.1 Å². The Labute approximate surface area is 238 Å². The number of pyridine rings is 1. The first-order chi connectivity index (χ1) is 19.0. The van der Waals surface area contributed by atoms with Crippen molar-refractivity contribution >= 4 is 34.3 Å². The molecule has 0 aliphatic carbocycles. The lowest BCUT2D eigenvalue weighted by molar-refractivity contribution is -0.461. The summed E-state index contributed by atoms with van der Waals surface area (Å²) in [6, 6.07) is 19.8. The quantitative estimate of drug-likeness (QED) is 0.170. The van der Waals surface area contributed by atoms with Crippen LogP contribution in [0.5, 0.6) is 5.75 Å². The second kappa shape index (κ2) is 10.7. The molecular weight excluding hydrogens is 648 g/mol. The molecule has 6 nitrogen and oxygen atoms in total. The summed E-state index contributed by atoms with van der Waals surface area (Å²) in [7, 11) is 0. The number of carbonyl (C=O) groups excluding carboxylic acids is 1. The molecule has 12 heteroatoms. The molecule has 0 bridgehead atoms. The van der Waals surface area contributed by atoms with Gasteiger partial charge in [-0.05, 0) is 76.2 Å². The summed E-state index contributed by atoms with van der Waals surface area (Å²) in [5.74, 6) is -1.36. The van der Waals surface area contributed by atoms with E-state index in [1.165, 1.54) is 30.5 Å². The standard InChI is InChI=1S/C28H19F5IN3O3/c29-19-7-4-8-21(14-19)36-25(38)37-26(15-17-5-2-1-3-6-17,24-12-10-20(34)16-35-24)18-9-11-23-22(13-18)27(30,31)40-28(32,33)39-23/h1-14,16H,15H2,(H2,36,37,38)/t26-/m0/s1. The second-order valence-corrected chi connectivity index (χ2v) is 10.2. The van der Waals surface area contributed by atoms with Gasteiger partial charge >= 0.3 is 18.4 Å². The fraction of sp³-hybridized carbons (Fsp3) is 0.143. The van der Waals surface area contributed by atoms with E-state index in [2.05, 4.69) is 25.1 Å². The average Bonchev–Trinajstić information content (AvgIpc) is 2.88. The number of hydrogen-bond donors (Lipinski definition) is 2. The van der Waals surface area contributed by atoms with Gasteiger partial charge in [0.25, 0.3) is 0 Å². The Hall–Kier alpha value is -3.78. The summed E-state index contributed by atoms with van der Waals surface area (Å²) in [5.41, 5.74) is -1.40. The Morgan fingerprint density at radius 3 is 2.42 bits per heavy atom. The number of amides is 2. The van der Waals surface area contributed by atoms with Crippen molar-refractivity contribution in [1.29, 1.82) is 0 Å². The van der Waals surface area contributed by atoms with Crippen molar-refractivity contribution in [2.75, 3.05) is 5.32 Å². The highest BCUT2D eigenvalue weighted by molar-refractivity contribution is 14.1. The van der Waals surface area contributed by atoms with Crippen molar-refractivity contribution < 1.29 is 36.2 Å². The Bertz CT molecular complexity index is 1540.